The van der Waals surface area contributed by atoms with Gasteiger partial charge in [0, 0.05) is 11.3 Å². The quantitative estimate of drug-likeness (QED) is 0.806. The summed E-state index contributed by atoms with van der Waals surface area (Å²) < 4.78 is 1.55. The van der Waals surface area contributed by atoms with Gasteiger partial charge in [0.05, 0.1) is 8.67 Å². The van der Waals surface area contributed by atoms with Crippen LogP contribution in [0, 0.1) is 0 Å². The van der Waals surface area contributed by atoms with Gasteiger partial charge in [0.15, 0.2) is 0 Å². The molecular formula is C11H17Cl2NS2. The molecule has 16 heavy (non-hydrogen) atoms. The highest BCUT2D eigenvalue weighted by Crippen LogP contribution is 2.34. The Kier molecular flexibility index (Phi) is 6.52. The van der Waals surface area contributed by atoms with Crippen LogP contribution in [0.15, 0.2) is 6.07 Å². The van der Waals surface area contributed by atoms with Crippen LogP contribution in [0.1, 0.15) is 31.9 Å². The number of thiophene rings is 1. The highest BCUT2D eigenvalue weighted by atomic mass is 35.5. The Balaban J connectivity index is 2.40. The summed E-state index contributed by atoms with van der Waals surface area (Å²) in [4.78, 5) is 0. The van der Waals surface area contributed by atoms with Gasteiger partial charge in [0.25, 0.3) is 0 Å². The minimum absolute atomic E-state index is 0.269. The second kappa shape index (κ2) is 7.12. The van der Waals surface area contributed by atoms with E-state index in [9.17, 15) is 0 Å². The summed E-state index contributed by atoms with van der Waals surface area (Å²) in [6.45, 7) is 5.37. The molecule has 0 radical (unpaired) electrons. The number of thioether (sulfide) groups is 1. The third-order valence-corrected chi connectivity index (χ3v) is 5.11. The normalized spacial score (nSPS) is 15.1. The van der Waals surface area contributed by atoms with E-state index in [1.165, 1.54) is 17.8 Å². The highest BCUT2D eigenvalue weighted by molar-refractivity contribution is 7.99. The minimum Gasteiger partial charge on any atom is -0.310 e. The molecule has 1 nitrogen and oxygen atoms in total. The zero-order valence-corrected chi connectivity index (χ0v) is 12.9. The predicted octanol–water partition coefficient (Wildman–Crippen LogP) is 4.85. The molecule has 92 valence electrons. The molecule has 1 aromatic heterocycles. The van der Waals surface area contributed by atoms with Crippen LogP contribution in [0.4, 0.5) is 0 Å². The van der Waals surface area contributed by atoms with E-state index in [0.717, 1.165) is 20.8 Å². The number of rotatable bonds is 6. The van der Waals surface area contributed by atoms with Crippen LogP contribution in [0.3, 0.4) is 0 Å². The van der Waals surface area contributed by atoms with Crippen LogP contribution in [-0.2, 0) is 0 Å². The number of halogens is 2. The lowest BCUT2D eigenvalue weighted by molar-refractivity contribution is 0.559. The largest absolute Gasteiger partial charge is 0.310 e. The Labute approximate surface area is 116 Å². The maximum atomic E-state index is 6.10. The topological polar surface area (TPSA) is 12.0 Å². The van der Waals surface area contributed by atoms with Crippen molar-refractivity contribution >= 4 is 46.3 Å². The summed E-state index contributed by atoms with van der Waals surface area (Å²) in [5.41, 5.74) is 1.11. The molecule has 0 aliphatic rings. The molecule has 5 heteroatoms. The van der Waals surface area contributed by atoms with Gasteiger partial charge in [0.2, 0.25) is 0 Å². The molecule has 0 fully saturated rings. The van der Waals surface area contributed by atoms with E-state index in [2.05, 4.69) is 25.4 Å². The zero-order chi connectivity index (χ0) is 12.1. The zero-order valence-electron chi connectivity index (χ0n) is 9.72. The highest BCUT2D eigenvalue weighted by Gasteiger charge is 2.12. The lowest BCUT2D eigenvalue weighted by Gasteiger charge is -2.14. The summed E-state index contributed by atoms with van der Waals surface area (Å²) >= 11 is 15.3. The van der Waals surface area contributed by atoms with Gasteiger partial charge in [-0.25, -0.2) is 0 Å². The van der Waals surface area contributed by atoms with Crippen molar-refractivity contribution in [2.75, 3.05) is 12.8 Å². The fourth-order valence-corrected chi connectivity index (χ4v) is 3.38. The van der Waals surface area contributed by atoms with E-state index in [4.69, 9.17) is 23.2 Å². The van der Waals surface area contributed by atoms with Crippen molar-refractivity contribution in [1.82, 2.24) is 5.32 Å². The first kappa shape index (κ1) is 14.7. The Morgan fingerprint density at radius 1 is 1.44 bits per heavy atom. The van der Waals surface area contributed by atoms with Crippen molar-refractivity contribution in [3.63, 3.8) is 0 Å². The molecule has 0 saturated heterocycles. The summed E-state index contributed by atoms with van der Waals surface area (Å²) in [6, 6.07) is 2.22. The Morgan fingerprint density at radius 3 is 2.62 bits per heavy atom. The first-order valence-corrected chi connectivity index (χ1v) is 8.11. The average molecular weight is 298 g/mol. The number of hydrogen-bond donors (Lipinski definition) is 1. The molecule has 1 rings (SSSR count). The fourth-order valence-electron chi connectivity index (χ4n) is 1.38. The van der Waals surface area contributed by atoms with Gasteiger partial charge in [-0.3, -0.25) is 0 Å². The third-order valence-electron chi connectivity index (χ3n) is 2.55. The molecule has 0 aliphatic heterocycles. The van der Waals surface area contributed by atoms with Crippen molar-refractivity contribution in [1.29, 1.82) is 0 Å². The minimum atomic E-state index is 0.269. The molecule has 0 amide bonds. The third kappa shape index (κ3) is 4.46. The van der Waals surface area contributed by atoms with E-state index in [0.29, 0.717) is 5.25 Å². The van der Waals surface area contributed by atoms with Gasteiger partial charge < -0.3 is 5.32 Å². The van der Waals surface area contributed by atoms with E-state index in [1.807, 2.05) is 17.8 Å². The van der Waals surface area contributed by atoms with Crippen LogP contribution in [0.2, 0.25) is 8.67 Å². The van der Waals surface area contributed by atoms with E-state index >= 15 is 0 Å². The van der Waals surface area contributed by atoms with Gasteiger partial charge in [-0.05, 0) is 37.8 Å². The van der Waals surface area contributed by atoms with Crippen molar-refractivity contribution in [3.05, 3.63) is 20.3 Å². The molecule has 1 aromatic rings. The van der Waals surface area contributed by atoms with Crippen LogP contribution in [-0.4, -0.2) is 18.1 Å². The molecule has 1 heterocycles. The first-order chi connectivity index (χ1) is 7.54. The van der Waals surface area contributed by atoms with Gasteiger partial charge in [-0.2, -0.15) is 11.8 Å². The van der Waals surface area contributed by atoms with Crippen LogP contribution < -0.4 is 5.32 Å². The fraction of sp³-hybridized carbons (Fsp3) is 0.636. The van der Waals surface area contributed by atoms with E-state index < -0.39 is 0 Å². The van der Waals surface area contributed by atoms with Gasteiger partial charge in [-0.1, -0.05) is 30.1 Å². The smallest absolute Gasteiger partial charge is 0.0991 e. The monoisotopic (exact) mass is 297 g/mol. The molecule has 1 N–H and O–H groups in total. The molecule has 0 aliphatic carbocycles. The Bertz CT molecular complexity index is 328. The summed E-state index contributed by atoms with van der Waals surface area (Å²) in [5, 5.41) is 4.16. The molecule has 0 aromatic carbocycles. The number of hydrogen-bond acceptors (Lipinski definition) is 3. The van der Waals surface area contributed by atoms with Gasteiger partial charge in [-0.15, -0.1) is 11.3 Å². The van der Waals surface area contributed by atoms with Crippen molar-refractivity contribution < 1.29 is 0 Å². The maximum Gasteiger partial charge on any atom is 0.0991 e. The Morgan fingerprint density at radius 2 is 2.12 bits per heavy atom. The van der Waals surface area contributed by atoms with E-state index in [-0.39, 0.29) is 6.04 Å². The van der Waals surface area contributed by atoms with Gasteiger partial charge >= 0.3 is 0 Å². The Hall–Kier alpha value is 0.590. The summed E-state index contributed by atoms with van der Waals surface area (Å²) in [6.07, 6.45) is 3.31. The van der Waals surface area contributed by atoms with Gasteiger partial charge in [0.1, 0.15) is 0 Å². The molecule has 2 atom stereocenters. The average Bonchev–Trinajstić information content (AvgIpc) is 2.57. The maximum absolute atomic E-state index is 6.10. The SMILES string of the molecule is CSC(C)CCNC(C)c1cc(Cl)sc1Cl. The number of nitrogens with one attached hydrogen (secondary N) is 1. The molecule has 0 spiro atoms. The lowest BCUT2D eigenvalue weighted by atomic mass is 10.2. The van der Waals surface area contributed by atoms with E-state index in [1.54, 1.807) is 0 Å². The lowest BCUT2D eigenvalue weighted by Crippen LogP contribution is -2.21. The second-order valence-corrected chi connectivity index (χ2v) is 7.35. The molecular weight excluding hydrogens is 281 g/mol. The van der Waals surface area contributed by atoms with Crippen molar-refractivity contribution in [2.45, 2.75) is 31.6 Å². The molecule has 0 bridgehead atoms. The van der Waals surface area contributed by atoms with Crippen molar-refractivity contribution in [2.24, 2.45) is 0 Å². The predicted molar refractivity (Wildman–Crippen MR) is 78.4 cm³/mol. The molecule has 0 saturated carbocycles. The van der Waals surface area contributed by atoms with Crippen LogP contribution in [0.5, 0.6) is 0 Å². The standard InChI is InChI=1S/C11H17Cl2NS2/c1-7(15-3)4-5-14-8(2)9-6-10(12)16-11(9)13/h6-8,14H,4-5H2,1-3H3. The van der Waals surface area contributed by atoms with Crippen LogP contribution in [0.25, 0.3) is 0 Å². The van der Waals surface area contributed by atoms with Crippen LogP contribution >= 0.6 is 46.3 Å². The molecule has 2 unspecified atom stereocenters. The second-order valence-electron chi connectivity index (χ2n) is 3.79. The van der Waals surface area contributed by atoms with Crippen molar-refractivity contribution in [3.8, 4) is 0 Å². The summed E-state index contributed by atoms with van der Waals surface area (Å²) in [7, 11) is 0. The first-order valence-electron chi connectivity index (χ1n) is 5.25. The summed E-state index contributed by atoms with van der Waals surface area (Å²) in [5.74, 6) is 0.